The zero-order valence-electron chi connectivity index (χ0n) is 23.9. The molecule has 0 amide bonds. The molecule has 3 aromatic carbocycles. The van der Waals surface area contributed by atoms with E-state index in [1.54, 1.807) is 93.6 Å². The van der Waals surface area contributed by atoms with Gasteiger partial charge in [-0.2, -0.15) is 0 Å². The van der Waals surface area contributed by atoms with Crippen LogP contribution >= 0.6 is 15.9 Å². The molecule has 0 aromatic heterocycles. The zero-order valence-corrected chi connectivity index (χ0v) is 25.5. The van der Waals surface area contributed by atoms with E-state index >= 15 is 0 Å². The summed E-state index contributed by atoms with van der Waals surface area (Å²) in [6, 6.07) is 20.2. The lowest BCUT2D eigenvalue weighted by molar-refractivity contribution is 0.0497. The van der Waals surface area contributed by atoms with Gasteiger partial charge in [-0.15, -0.1) is 0 Å². The average molecular weight is 644 g/mol. The molecule has 0 aliphatic rings. The molecule has 0 aliphatic heterocycles. The fourth-order valence-electron chi connectivity index (χ4n) is 3.73. The van der Waals surface area contributed by atoms with Crippen LogP contribution in [0.15, 0.2) is 72.8 Å². The number of hydrogen-bond acceptors (Lipinski definition) is 9. The van der Waals surface area contributed by atoms with Crippen LogP contribution in [0.25, 0.3) is 0 Å². The lowest BCUT2D eigenvalue weighted by Gasteiger charge is -2.31. The molecule has 0 atom stereocenters. The fourth-order valence-corrected chi connectivity index (χ4v) is 4.22. The van der Waals surface area contributed by atoms with E-state index in [1.807, 2.05) is 0 Å². The summed E-state index contributed by atoms with van der Waals surface area (Å²) < 4.78 is 33.8. The highest BCUT2D eigenvalue weighted by molar-refractivity contribution is 9.09. The van der Waals surface area contributed by atoms with Crippen LogP contribution in [0.4, 0.5) is 0 Å². The maximum absolute atomic E-state index is 12.2. The highest BCUT2D eigenvalue weighted by Crippen LogP contribution is 2.28. The van der Waals surface area contributed by atoms with Crippen LogP contribution in [0, 0.1) is 5.41 Å². The molecule has 0 radical (unpaired) electrons. The van der Waals surface area contributed by atoms with E-state index in [9.17, 15) is 14.4 Å². The van der Waals surface area contributed by atoms with Crippen LogP contribution in [-0.2, 0) is 14.2 Å². The van der Waals surface area contributed by atoms with E-state index in [0.717, 1.165) is 0 Å². The van der Waals surface area contributed by atoms with Crippen molar-refractivity contribution in [1.29, 1.82) is 0 Å². The second kappa shape index (κ2) is 16.4. The number of halogens is 1. The fraction of sp³-hybridized carbons (Fsp3) is 0.344. The molecule has 0 saturated heterocycles. The Balaban J connectivity index is 1.82. The molecular weight excluding hydrogens is 608 g/mol. The van der Waals surface area contributed by atoms with Crippen molar-refractivity contribution in [3.05, 3.63) is 89.5 Å². The van der Waals surface area contributed by atoms with Crippen LogP contribution in [-0.4, -0.2) is 62.9 Å². The highest BCUT2D eigenvalue weighted by Gasteiger charge is 2.33. The van der Waals surface area contributed by atoms with Crippen molar-refractivity contribution in [2.75, 3.05) is 45.0 Å². The average Bonchev–Trinajstić information content (AvgIpc) is 3.02. The van der Waals surface area contributed by atoms with Crippen molar-refractivity contribution in [2.24, 2.45) is 5.41 Å². The SMILES string of the molecule is CCOC(=O)c1cccc(OCC(CBr)(COc2cccc(C(=O)OCC)c2)COc2cccc(C(=O)OCC)c2)c1. The van der Waals surface area contributed by atoms with Gasteiger partial charge in [0.2, 0.25) is 0 Å². The van der Waals surface area contributed by atoms with Crippen LogP contribution in [0.5, 0.6) is 17.2 Å². The van der Waals surface area contributed by atoms with E-state index in [1.165, 1.54) is 0 Å². The first-order valence-electron chi connectivity index (χ1n) is 13.6. The lowest BCUT2D eigenvalue weighted by Crippen LogP contribution is -2.42. The number of benzene rings is 3. The molecule has 0 saturated carbocycles. The Labute approximate surface area is 254 Å². The van der Waals surface area contributed by atoms with Gasteiger partial charge in [0, 0.05) is 5.33 Å². The third-order valence-corrected chi connectivity index (χ3v) is 7.14. The Bertz CT molecular complexity index is 1180. The standard InChI is InChI=1S/C32H35BrO9/c1-4-37-29(34)23-10-7-13-26(16-23)40-20-32(19-33,21-41-27-14-8-11-24(17-27)30(35)38-5-2)22-42-28-15-9-12-25(18-28)31(36)39-6-3/h7-18H,4-6,19-22H2,1-3H3. The maximum Gasteiger partial charge on any atom is 0.338 e. The highest BCUT2D eigenvalue weighted by atomic mass is 79.9. The van der Waals surface area contributed by atoms with Gasteiger partial charge in [-0.1, -0.05) is 34.1 Å². The Morgan fingerprint density at radius 2 is 0.881 bits per heavy atom. The molecule has 0 aliphatic carbocycles. The predicted molar refractivity (Wildman–Crippen MR) is 160 cm³/mol. The van der Waals surface area contributed by atoms with Crippen molar-refractivity contribution in [2.45, 2.75) is 20.8 Å². The van der Waals surface area contributed by atoms with Crippen LogP contribution in [0.2, 0.25) is 0 Å². The first-order valence-corrected chi connectivity index (χ1v) is 14.7. The van der Waals surface area contributed by atoms with Gasteiger partial charge in [0.15, 0.2) is 0 Å². The topological polar surface area (TPSA) is 107 Å². The third-order valence-electron chi connectivity index (χ3n) is 5.95. The van der Waals surface area contributed by atoms with Crippen LogP contribution < -0.4 is 14.2 Å². The van der Waals surface area contributed by atoms with Gasteiger partial charge in [0.25, 0.3) is 0 Å². The van der Waals surface area contributed by atoms with E-state index in [0.29, 0.717) is 39.3 Å². The number of carbonyl (C=O) groups is 3. The van der Waals surface area contributed by atoms with Gasteiger partial charge < -0.3 is 28.4 Å². The Kier molecular flexibility index (Phi) is 12.7. The van der Waals surface area contributed by atoms with Gasteiger partial charge in [-0.05, 0) is 75.4 Å². The minimum absolute atomic E-state index is 0.139. The van der Waals surface area contributed by atoms with Crippen LogP contribution in [0.3, 0.4) is 0 Å². The summed E-state index contributed by atoms with van der Waals surface area (Å²) in [5, 5.41) is 0.409. The number of rotatable bonds is 16. The minimum Gasteiger partial charge on any atom is -0.493 e. The molecule has 9 nitrogen and oxygen atoms in total. The molecule has 224 valence electrons. The Hall–Kier alpha value is -4.05. The normalized spacial score (nSPS) is 10.9. The molecule has 3 rings (SSSR count). The number of carbonyl (C=O) groups excluding carboxylic acids is 3. The first-order chi connectivity index (χ1) is 20.3. The van der Waals surface area contributed by atoms with E-state index in [4.69, 9.17) is 28.4 Å². The molecule has 3 aromatic rings. The monoisotopic (exact) mass is 642 g/mol. The molecule has 0 fully saturated rings. The Morgan fingerprint density at radius 3 is 1.14 bits per heavy atom. The van der Waals surface area contributed by atoms with Crippen molar-refractivity contribution < 1.29 is 42.8 Å². The third kappa shape index (κ3) is 9.51. The van der Waals surface area contributed by atoms with Crippen molar-refractivity contribution in [3.8, 4) is 17.2 Å². The van der Waals surface area contributed by atoms with Crippen molar-refractivity contribution in [1.82, 2.24) is 0 Å². The lowest BCUT2D eigenvalue weighted by atomic mass is 9.94. The second-order valence-corrected chi connectivity index (χ2v) is 9.81. The molecule has 42 heavy (non-hydrogen) atoms. The largest absolute Gasteiger partial charge is 0.493 e. The number of ether oxygens (including phenoxy) is 6. The van der Waals surface area contributed by atoms with E-state index < -0.39 is 23.3 Å². The van der Waals surface area contributed by atoms with Crippen molar-refractivity contribution in [3.63, 3.8) is 0 Å². The molecule has 0 spiro atoms. The van der Waals surface area contributed by atoms with Gasteiger partial charge in [0.1, 0.15) is 37.1 Å². The molecule has 10 heteroatoms. The smallest absolute Gasteiger partial charge is 0.338 e. The summed E-state index contributed by atoms with van der Waals surface area (Å²) in [7, 11) is 0. The second-order valence-electron chi connectivity index (χ2n) is 9.24. The number of alkyl halides is 1. The molecule has 0 bridgehead atoms. The summed E-state index contributed by atoms with van der Waals surface area (Å²) in [6.07, 6.45) is 0. The summed E-state index contributed by atoms with van der Waals surface area (Å²) in [6.45, 7) is 6.44. The minimum atomic E-state index is -0.750. The van der Waals surface area contributed by atoms with E-state index in [2.05, 4.69) is 15.9 Å². The summed E-state index contributed by atoms with van der Waals surface area (Å²) in [4.78, 5) is 36.6. The van der Waals surface area contributed by atoms with Gasteiger partial charge in [-0.3, -0.25) is 0 Å². The molecular formula is C32H35BrO9. The summed E-state index contributed by atoms with van der Waals surface area (Å²) in [5.74, 6) is 0.0940. The van der Waals surface area contributed by atoms with E-state index in [-0.39, 0.29) is 39.6 Å². The summed E-state index contributed by atoms with van der Waals surface area (Å²) in [5.41, 5.74) is 0.369. The molecule has 0 unspecified atom stereocenters. The van der Waals surface area contributed by atoms with Crippen LogP contribution in [0.1, 0.15) is 51.8 Å². The number of hydrogen-bond donors (Lipinski definition) is 0. The quantitative estimate of drug-likeness (QED) is 0.103. The Morgan fingerprint density at radius 1 is 0.571 bits per heavy atom. The van der Waals surface area contributed by atoms with Gasteiger partial charge >= 0.3 is 17.9 Å². The predicted octanol–water partition coefficient (Wildman–Crippen LogP) is 6.13. The van der Waals surface area contributed by atoms with Crippen molar-refractivity contribution >= 4 is 33.8 Å². The first kappa shape index (κ1) is 32.5. The molecule has 0 heterocycles. The van der Waals surface area contributed by atoms with Gasteiger partial charge in [0.05, 0.1) is 41.9 Å². The maximum atomic E-state index is 12.2. The number of esters is 3. The molecule has 0 N–H and O–H groups in total. The zero-order chi connectivity index (χ0) is 30.4. The summed E-state index contributed by atoms with van der Waals surface area (Å²) >= 11 is 3.61. The van der Waals surface area contributed by atoms with Gasteiger partial charge in [-0.25, -0.2) is 14.4 Å².